The maximum atomic E-state index is 10.7. The Labute approximate surface area is 114 Å². The van der Waals surface area contributed by atoms with Gasteiger partial charge in [0, 0.05) is 18.9 Å². The monoisotopic (exact) mass is 278 g/mol. The molecule has 0 aromatic carbocycles. The summed E-state index contributed by atoms with van der Waals surface area (Å²) in [7, 11) is 1.59. The first-order valence-corrected chi connectivity index (χ1v) is 5.84. The average molecular weight is 278 g/mol. The van der Waals surface area contributed by atoms with Crippen LogP contribution in [0.5, 0.6) is 0 Å². The number of nitrogens with two attached hydrogens (primary N) is 1. The maximum Gasteiger partial charge on any atom is 0.405 e. The fraction of sp³-hybridized carbons (Fsp3) is 0.333. The first kappa shape index (κ1) is 13.9. The molecule has 0 saturated carbocycles. The Morgan fingerprint density at radius 1 is 1.55 bits per heavy atom. The second-order valence-electron chi connectivity index (χ2n) is 4.00. The molecule has 2 aromatic rings. The number of rotatable bonds is 5. The number of hydrogen-bond donors (Lipinski definition) is 1. The zero-order chi connectivity index (χ0) is 14.5. The lowest BCUT2D eigenvalue weighted by molar-refractivity contribution is 0.0959. The topological polar surface area (TPSA) is 113 Å². The first-order valence-electron chi connectivity index (χ1n) is 5.84. The van der Waals surface area contributed by atoms with Crippen LogP contribution in [0.4, 0.5) is 4.79 Å². The number of ether oxygens (including phenoxy) is 2. The molecule has 8 nitrogen and oxygen atoms in total. The van der Waals surface area contributed by atoms with Crippen molar-refractivity contribution in [1.82, 2.24) is 15.1 Å². The summed E-state index contributed by atoms with van der Waals surface area (Å²) in [6, 6.07) is 3.53. The molecule has 0 fully saturated rings. The molecule has 20 heavy (non-hydrogen) atoms. The summed E-state index contributed by atoms with van der Waals surface area (Å²) in [4.78, 5) is 19.0. The SMILES string of the molecule is COCc1cc(-c2noc([C@H](C)OC(N)=O)n2)ccn1. The third-order valence-corrected chi connectivity index (χ3v) is 2.45. The van der Waals surface area contributed by atoms with E-state index in [1.165, 1.54) is 0 Å². The number of hydrogen-bond acceptors (Lipinski definition) is 7. The van der Waals surface area contributed by atoms with Crippen molar-refractivity contribution in [1.29, 1.82) is 0 Å². The summed E-state index contributed by atoms with van der Waals surface area (Å²) >= 11 is 0. The summed E-state index contributed by atoms with van der Waals surface area (Å²) in [5, 5.41) is 3.83. The lowest BCUT2D eigenvalue weighted by Crippen LogP contribution is -2.15. The third kappa shape index (κ3) is 3.29. The molecule has 0 saturated heterocycles. The molecular formula is C12H14N4O4. The number of primary amides is 1. The van der Waals surface area contributed by atoms with E-state index in [9.17, 15) is 4.79 Å². The highest BCUT2D eigenvalue weighted by Gasteiger charge is 2.18. The summed E-state index contributed by atoms with van der Waals surface area (Å²) in [6.07, 6.45) is 0.0286. The van der Waals surface area contributed by atoms with Crippen LogP contribution in [0.1, 0.15) is 24.6 Å². The number of aromatic nitrogens is 3. The van der Waals surface area contributed by atoms with Crippen molar-refractivity contribution in [2.45, 2.75) is 19.6 Å². The van der Waals surface area contributed by atoms with Gasteiger partial charge in [-0.1, -0.05) is 5.16 Å². The van der Waals surface area contributed by atoms with Crippen LogP contribution in [-0.2, 0) is 16.1 Å². The molecule has 0 unspecified atom stereocenters. The molecule has 8 heteroatoms. The van der Waals surface area contributed by atoms with Gasteiger partial charge in [0.25, 0.3) is 5.89 Å². The number of methoxy groups -OCH3 is 1. The van der Waals surface area contributed by atoms with E-state index < -0.39 is 12.2 Å². The molecule has 0 aliphatic heterocycles. The van der Waals surface area contributed by atoms with E-state index in [2.05, 4.69) is 15.1 Å². The molecule has 0 radical (unpaired) electrons. The Bertz CT molecular complexity index is 599. The van der Waals surface area contributed by atoms with Crippen LogP contribution < -0.4 is 5.73 Å². The lowest BCUT2D eigenvalue weighted by Gasteiger charge is -2.04. The van der Waals surface area contributed by atoms with Gasteiger partial charge < -0.3 is 19.7 Å². The van der Waals surface area contributed by atoms with Crippen molar-refractivity contribution >= 4 is 6.09 Å². The number of carbonyl (C=O) groups excluding carboxylic acids is 1. The molecule has 2 aromatic heterocycles. The largest absolute Gasteiger partial charge is 0.437 e. The van der Waals surface area contributed by atoms with Crippen LogP contribution in [0, 0.1) is 0 Å². The third-order valence-electron chi connectivity index (χ3n) is 2.45. The average Bonchev–Trinajstić information content (AvgIpc) is 2.88. The van der Waals surface area contributed by atoms with E-state index in [1.807, 2.05) is 0 Å². The van der Waals surface area contributed by atoms with Gasteiger partial charge in [-0.25, -0.2) is 4.79 Å². The summed E-state index contributed by atoms with van der Waals surface area (Å²) in [6.45, 7) is 1.98. The number of amides is 1. The fourth-order valence-electron chi connectivity index (χ4n) is 1.59. The van der Waals surface area contributed by atoms with E-state index in [4.69, 9.17) is 19.7 Å². The molecule has 0 spiro atoms. The van der Waals surface area contributed by atoms with Gasteiger partial charge in [0.2, 0.25) is 5.82 Å². The van der Waals surface area contributed by atoms with Gasteiger partial charge in [0.1, 0.15) is 0 Å². The van der Waals surface area contributed by atoms with Crippen molar-refractivity contribution < 1.29 is 18.8 Å². The van der Waals surface area contributed by atoms with Crippen LogP contribution >= 0.6 is 0 Å². The second-order valence-corrected chi connectivity index (χ2v) is 4.00. The van der Waals surface area contributed by atoms with Gasteiger partial charge in [-0.2, -0.15) is 4.98 Å². The Morgan fingerprint density at radius 2 is 2.35 bits per heavy atom. The van der Waals surface area contributed by atoms with Crippen LogP contribution in [0.3, 0.4) is 0 Å². The van der Waals surface area contributed by atoms with Crippen LogP contribution in [0.15, 0.2) is 22.9 Å². The molecule has 0 aliphatic rings. The van der Waals surface area contributed by atoms with Crippen molar-refractivity contribution in [2.75, 3.05) is 7.11 Å². The molecule has 2 heterocycles. The molecule has 1 amide bonds. The Hall–Kier alpha value is -2.48. The summed E-state index contributed by atoms with van der Waals surface area (Å²) < 4.78 is 14.8. The lowest BCUT2D eigenvalue weighted by atomic mass is 10.2. The number of carbonyl (C=O) groups is 1. The van der Waals surface area contributed by atoms with Gasteiger partial charge in [-0.05, 0) is 19.1 Å². The number of pyridine rings is 1. The van der Waals surface area contributed by atoms with Gasteiger partial charge in [0.15, 0.2) is 6.10 Å². The minimum Gasteiger partial charge on any atom is -0.437 e. The van der Waals surface area contributed by atoms with Gasteiger partial charge in [0.05, 0.1) is 12.3 Å². The predicted octanol–water partition coefficient (Wildman–Crippen LogP) is 1.43. The summed E-state index contributed by atoms with van der Waals surface area (Å²) in [5.41, 5.74) is 6.41. The smallest absolute Gasteiger partial charge is 0.405 e. The van der Waals surface area contributed by atoms with Crippen LogP contribution in [0.2, 0.25) is 0 Å². The molecular weight excluding hydrogens is 264 g/mol. The molecule has 2 N–H and O–H groups in total. The molecule has 1 atom stereocenters. The molecule has 0 bridgehead atoms. The molecule has 0 aliphatic carbocycles. The highest BCUT2D eigenvalue weighted by molar-refractivity contribution is 5.64. The Morgan fingerprint density at radius 3 is 3.05 bits per heavy atom. The maximum absolute atomic E-state index is 10.7. The van der Waals surface area contributed by atoms with E-state index in [0.717, 1.165) is 11.3 Å². The number of nitrogens with zero attached hydrogens (tertiary/aromatic N) is 3. The molecule has 106 valence electrons. The van der Waals surface area contributed by atoms with Gasteiger partial charge in [-0.15, -0.1) is 0 Å². The zero-order valence-electron chi connectivity index (χ0n) is 11.1. The van der Waals surface area contributed by atoms with Crippen molar-refractivity contribution in [3.05, 3.63) is 29.9 Å². The van der Waals surface area contributed by atoms with E-state index in [0.29, 0.717) is 12.4 Å². The summed E-state index contributed by atoms with van der Waals surface area (Å²) in [5.74, 6) is 0.545. The van der Waals surface area contributed by atoms with E-state index >= 15 is 0 Å². The van der Waals surface area contributed by atoms with E-state index in [1.54, 1.807) is 32.4 Å². The van der Waals surface area contributed by atoms with Crippen LogP contribution in [0.25, 0.3) is 11.4 Å². The molecule has 2 rings (SSSR count). The van der Waals surface area contributed by atoms with Gasteiger partial charge in [-0.3, -0.25) is 4.98 Å². The van der Waals surface area contributed by atoms with Crippen LogP contribution in [-0.4, -0.2) is 28.3 Å². The van der Waals surface area contributed by atoms with Crippen molar-refractivity contribution in [2.24, 2.45) is 5.73 Å². The van der Waals surface area contributed by atoms with Crippen molar-refractivity contribution in [3.63, 3.8) is 0 Å². The minimum absolute atomic E-state index is 0.170. The zero-order valence-corrected chi connectivity index (χ0v) is 11.1. The van der Waals surface area contributed by atoms with Gasteiger partial charge >= 0.3 is 6.09 Å². The van der Waals surface area contributed by atoms with Crippen molar-refractivity contribution in [3.8, 4) is 11.4 Å². The standard InChI is InChI=1S/C12H14N4O4/c1-7(19-12(13)17)11-15-10(16-20-11)8-3-4-14-9(5-8)6-18-2/h3-5,7H,6H2,1-2H3,(H2,13,17)/t7-/m0/s1. The Balaban J connectivity index is 2.19. The highest BCUT2D eigenvalue weighted by atomic mass is 16.6. The normalized spacial score (nSPS) is 12.1. The predicted molar refractivity (Wildman–Crippen MR) is 67.3 cm³/mol. The Kier molecular flexibility index (Phi) is 4.26. The highest BCUT2D eigenvalue weighted by Crippen LogP contribution is 2.20. The first-order chi connectivity index (χ1) is 9.60. The minimum atomic E-state index is -0.899. The fourth-order valence-corrected chi connectivity index (χ4v) is 1.59. The quantitative estimate of drug-likeness (QED) is 0.879. The second kappa shape index (κ2) is 6.11. The van der Waals surface area contributed by atoms with E-state index in [-0.39, 0.29) is 5.89 Å².